The first-order valence-corrected chi connectivity index (χ1v) is 23.3. The average Bonchev–Trinajstić information content (AvgIpc) is 4.09. The van der Waals surface area contributed by atoms with Crippen molar-refractivity contribution in [3.63, 3.8) is 0 Å². The minimum atomic E-state index is -4.41. The van der Waals surface area contributed by atoms with Crippen LogP contribution in [-0.4, -0.2) is 82.1 Å². The molecule has 0 bridgehead atoms. The smallest absolute Gasteiger partial charge is 0.408 e. The Hall–Kier alpha value is -5.96. The number of amides is 5. The normalized spacial score (nSPS) is 20.0. The van der Waals surface area contributed by atoms with Gasteiger partial charge in [0.25, 0.3) is 31.9 Å². The molecular formula is C43H60N6O13S2. The predicted octanol–water partition coefficient (Wildman–Crippen LogP) is 4.96. The number of alkyl carbamates (subject to hydrolysis) is 2. The Balaban J connectivity index is 0.000000365. The van der Waals surface area contributed by atoms with Crippen molar-refractivity contribution in [2.45, 2.75) is 125 Å². The van der Waals surface area contributed by atoms with Crippen molar-refractivity contribution in [2.75, 3.05) is 18.2 Å². The first kappa shape index (κ1) is 52.4. The number of nitrogen functional groups attached to an aromatic ring is 1. The zero-order valence-corrected chi connectivity index (χ0v) is 38.8. The van der Waals surface area contributed by atoms with Gasteiger partial charge in [-0.15, -0.1) is 13.2 Å². The number of unbranched alkanes of at least 4 members (excludes halogenated alkanes) is 3. The molecule has 0 saturated heterocycles. The molecule has 0 aromatic heterocycles. The van der Waals surface area contributed by atoms with Crippen LogP contribution in [0.25, 0.3) is 0 Å². The Labute approximate surface area is 374 Å². The highest BCUT2D eigenvalue weighted by Gasteiger charge is 2.62. The van der Waals surface area contributed by atoms with Crippen LogP contribution in [0, 0.1) is 11.8 Å². The number of carbonyl (C=O) groups is 6. The monoisotopic (exact) mass is 932 g/mol. The first-order chi connectivity index (χ1) is 29.6. The molecule has 0 heterocycles. The minimum Gasteiger partial charge on any atom is -0.469 e. The van der Waals surface area contributed by atoms with Gasteiger partial charge in [-0.25, -0.2) is 35.9 Å². The third-order valence-corrected chi connectivity index (χ3v) is 12.5. The number of esters is 1. The molecule has 2 aromatic carbocycles. The Morgan fingerprint density at radius 3 is 1.53 bits per heavy atom. The second-order valence-electron chi connectivity index (χ2n) is 17.2. The van der Waals surface area contributed by atoms with Gasteiger partial charge in [0.05, 0.1) is 18.5 Å². The van der Waals surface area contributed by atoms with E-state index in [2.05, 4.69) is 33.8 Å². The molecule has 2 aromatic rings. The molecular weight excluding hydrogens is 873 g/mol. The van der Waals surface area contributed by atoms with Crippen molar-refractivity contribution < 1.29 is 59.8 Å². The fourth-order valence-electron chi connectivity index (χ4n) is 6.33. The van der Waals surface area contributed by atoms with Crippen LogP contribution in [0.15, 0.2) is 83.6 Å². The van der Waals surface area contributed by atoms with Gasteiger partial charge in [0.2, 0.25) is 5.91 Å². The zero-order valence-electron chi connectivity index (χ0n) is 37.2. The fraction of sp³-hybridized carbons (Fsp3) is 0.488. The number of nitrogens with one attached hydrogen (secondary N) is 5. The van der Waals surface area contributed by atoms with Crippen LogP contribution in [0.3, 0.4) is 0 Å². The van der Waals surface area contributed by atoms with Gasteiger partial charge in [-0.3, -0.25) is 19.2 Å². The quantitative estimate of drug-likeness (QED) is 0.0379. The molecule has 352 valence electrons. The van der Waals surface area contributed by atoms with Crippen molar-refractivity contribution in [1.29, 1.82) is 0 Å². The van der Waals surface area contributed by atoms with E-state index in [0.29, 0.717) is 19.3 Å². The molecule has 2 fully saturated rings. The van der Waals surface area contributed by atoms with Crippen molar-refractivity contribution >= 4 is 67.3 Å². The third kappa shape index (κ3) is 14.8. The number of carbonyl (C=O) groups excluding carboxylic acids is 6. The van der Waals surface area contributed by atoms with Crippen molar-refractivity contribution in [3.05, 3.63) is 73.8 Å². The number of methoxy groups -OCH3 is 1. The van der Waals surface area contributed by atoms with Gasteiger partial charge in [0.15, 0.2) is 0 Å². The number of hydrogen-bond donors (Lipinski definition) is 6. The predicted molar refractivity (Wildman–Crippen MR) is 237 cm³/mol. The summed E-state index contributed by atoms with van der Waals surface area (Å²) in [5.74, 6) is -3.34. The largest absolute Gasteiger partial charge is 0.469 e. The molecule has 5 amide bonds. The maximum atomic E-state index is 13.2. The lowest BCUT2D eigenvalue weighted by Gasteiger charge is -2.23. The number of nitrogens with two attached hydrogens (primary N) is 1. The second-order valence-corrected chi connectivity index (χ2v) is 20.5. The molecule has 4 rings (SSSR count). The van der Waals surface area contributed by atoms with Crippen LogP contribution >= 0.6 is 0 Å². The van der Waals surface area contributed by atoms with Crippen LogP contribution < -0.4 is 31.1 Å². The Morgan fingerprint density at radius 2 is 1.11 bits per heavy atom. The van der Waals surface area contributed by atoms with E-state index in [1.54, 1.807) is 53.7 Å². The summed E-state index contributed by atoms with van der Waals surface area (Å²) in [6.45, 7) is 17.3. The van der Waals surface area contributed by atoms with Crippen LogP contribution in [0.2, 0.25) is 0 Å². The SMILES string of the molecule is C=C[C@@H]1C[C@]1(NC(=O)OC(C)(C)C)C(=O)NS(=O)(=O)c1ccccc1N.C=C[C@@H]1C[C@]1(NC(=O)OC(C)(C)C)C(=O)NS(=O)(=O)c1ccccc1NC(=O)CCCCCCC(=O)OC. The molecule has 2 aliphatic carbocycles. The van der Waals surface area contributed by atoms with E-state index in [0.717, 1.165) is 12.8 Å². The maximum Gasteiger partial charge on any atom is 0.408 e. The summed E-state index contributed by atoms with van der Waals surface area (Å²) < 4.78 is 70.2. The third-order valence-electron chi connectivity index (χ3n) is 9.73. The average molecular weight is 933 g/mol. The Morgan fingerprint density at radius 1 is 0.688 bits per heavy atom. The molecule has 4 atom stereocenters. The summed E-state index contributed by atoms with van der Waals surface area (Å²) in [5.41, 5.74) is 1.21. The van der Waals surface area contributed by atoms with Crippen LogP contribution in [0.1, 0.15) is 92.9 Å². The summed E-state index contributed by atoms with van der Waals surface area (Å²) in [6, 6.07) is 11.5. The van der Waals surface area contributed by atoms with Crippen LogP contribution in [-0.2, 0) is 53.4 Å². The van der Waals surface area contributed by atoms with Crippen LogP contribution in [0.4, 0.5) is 21.0 Å². The Kier molecular flexibility index (Phi) is 17.3. The number of para-hydroxylation sites is 2. The standard InChI is InChI=1S/C26H37N3O8S.C17H23N3O5S/c1-6-18-17-26(18,28-24(33)37-25(2,3)4)23(32)29-38(34,35)20-14-12-11-13-19(20)27-21(30)15-9-7-8-10-16-22(31)36-5;1-5-11-10-17(11,19-15(22)25-16(2,3)4)14(21)20-26(23,24)13-9-7-6-8-12(13)18/h6,11-14,18H,1,7-10,15-17H2,2-5H3,(H,27,30)(H,28,33)(H,29,32);5-9,11H,1,10,18H2,2-4H3,(H,19,22)(H,20,21)/t18-,26-;11-,17-/m11/s1. The number of anilines is 2. The summed E-state index contributed by atoms with van der Waals surface area (Å²) in [7, 11) is -7.26. The summed E-state index contributed by atoms with van der Waals surface area (Å²) in [4.78, 5) is 73.2. The van der Waals surface area contributed by atoms with Gasteiger partial charge in [0, 0.05) is 24.7 Å². The van der Waals surface area contributed by atoms with E-state index in [9.17, 15) is 45.6 Å². The van der Waals surface area contributed by atoms with E-state index in [1.165, 1.54) is 55.7 Å². The number of sulfonamides is 2. The summed E-state index contributed by atoms with van der Waals surface area (Å²) in [5, 5.41) is 7.55. The van der Waals surface area contributed by atoms with E-state index in [-0.39, 0.29) is 52.3 Å². The lowest BCUT2D eigenvalue weighted by molar-refractivity contribution is -0.140. The first-order valence-electron chi connectivity index (χ1n) is 20.4. The molecule has 0 aliphatic heterocycles. The maximum absolute atomic E-state index is 13.2. The van der Waals surface area contributed by atoms with Gasteiger partial charge in [0.1, 0.15) is 32.1 Å². The van der Waals surface area contributed by atoms with Crippen molar-refractivity contribution in [2.24, 2.45) is 11.8 Å². The molecule has 64 heavy (non-hydrogen) atoms. The highest BCUT2D eigenvalue weighted by atomic mass is 32.2. The van der Waals surface area contributed by atoms with Gasteiger partial charge in [-0.1, -0.05) is 49.3 Å². The van der Waals surface area contributed by atoms with Gasteiger partial charge < -0.3 is 35.9 Å². The lowest BCUT2D eigenvalue weighted by Crippen LogP contribution is -2.52. The minimum absolute atomic E-state index is 0.0121. The Bertz CT molecular complexity index is 2320. The highest BCUT2D eigenvalue weighted by Crippen LogP contribution is 2.46. The molecule has 19 nitrogen and oxygen atoms in total. The molecule has 0 radical (unpaired) electrons. The zero-order chi connectivity index (χ0) is 48.3. The van der Waals surface area contributed by atoms with E-state index in [1.807, 2.05) is 9.44 Å². The molecule has 2 aliphatic rings. The lowest BCUT2D eigenvalue weighted by atomic mass is 10.1. The number of ether oxygens (including phenoxy) is 3. The van der Waals surface area contributed by atoms with Crippen LogP contribution in [0.5, 0.6) is 0 Å². The summed E-state index contributed by atoms with van der Waals surface area (Å²) >= 11 is 0. The van der Waals surface area contributed by atoms with Gasteiger partial charge in [-0.05, 0) is 91.5 Å². The summed E-state index contributed by atoms with van der Waals surface area (Å²) in [6.07, 6.45) is 4.84. The molecule has 7 N–H and O–H groups in total. The molecule has 2 saturated carbocycles. The topological polar surface area (TPSA) is 285 Å². The van der Waals surface area contributed by atoms with E-state index >= 15 is 0 Å². The van der Waals surface area contributed by atoms with Crippen molar-refractivity contribution in [3.8, 4) is 0 Å². The number of benzene rings is 2. The second kappa shape index (κ2) is 21.1. The van der Waals surface area contributed by atoms with Crippen molar-refractivity contribution in [1.82, 2.24) is 20.1 Å². The molecule has 0 spiro atoms. The highest BCUT2D eigenvalue weighted by molar-refractivity contribution is 7.90. The van der Waals surface area contributed by atoms with Gasteiger partial charge in [-0.2, -0.15) is 0 Å². The van der Waals surface area contributed by atoms with Gasteiger partial charge >= 0.3 is 18.2 Å². The van der Waals surface area contributed by atoms with E-state index < -0.39 is 78.2 Å². The molecule has 21 heteroatoms. The number of hydrogen-bond acceptors (Lipinski definition) is 14. The van der Waals surface area contributed by atoms with E-state index in [4.69, 9.17) is 15.2 Å². The molecule has 0 unspecified atom stereocenters. The number of rotatable bonds is 18. The fourth-order valence-corrected chi connectivity index (χ4v) is 8.70.